The maximum Gasteiger partial charge on any atom is 0.573 e. The third-order valence-electron chi connectivity index (χ3n) is 5.15. The van der Waals surface area contributed by atoms with Crippen LogP contribution in [0.15, 0.2) is 18.2 Å². The van der Waals surface area contributed by atoms with Gasteiger partial charge in [0.1, 0.15) is 11.5 Å². The highest BCUT2D eigenvalue weighted by Gasteiger charge is 2.35. The summed E-state index contributed by atoms with van der Waals surface area (Å²) in [4.78, 5) is 2.44. The highest BCUT2D eigenvalue weighted by molar-refractivity contribution is 5.85. The molecule has 0 aromatic heterocycles. The molecule has 1 aliphatic carbocycles. The number of piperazine rings is 1. The molecule has 1 N–H and O–H groups in total. The Balaban J connectivity index is 0.00000182. The zero-order valence-corrected chi connectivity index (χ0v) is 16.9. The van der Waals surface area contributed by atoms with E-state index in [0.29, 0.717) is 11.7 Å². The third-order valence-corrected chi connectivity index (χ3v) is 5.15. The Bertz CT molecular complexity index is 578. The highest BCUT2D eigenvalue weighted by atomic mass is 35.5. The van der Waals surface area contributed by atoms with Crippen molar-refractivity contribution in [2.24, 2.45) is 5.92 Å². The van der Waals surface area contributed by atoms with Gasteiger partial charge in [0.15, 0.2) is 0 Å². The molecular weight excluding hydrogens is 404 g/mol. The lowest BCUT2D eigenvalue weighted by molar-refractivity contribution is -0.274. The van der Waals surface area contributed by atoms with Gasteiger partial charge in [-0.2, -0.15) is 0 Å². The number of halogens is 5. The minimum absolute atomic E-state index is 0. The molecule has 156 valence electrons. The SMILES string of the molecule is COc1cc(OC(F)(F)F)ccc1[C@H](C1CCCC1)N1CCNCC1.Cl.Cl. The topological polar surface area (TPSA) is 33.7 Å². The van der Waals surface area contributed by atoms with Crippen molar-refractivity contribution < 1.29 is 22.6 Å². The van der Waals surface area contributed by atoms with Gasteiger partial charge in [-0.1, -0.05) is 18.9 Å². The molecule has 4 nitrogen and oxygen atoms in total. The first-order valence-corrected chi connectivity index (χ1v) is 8.86. The number of ether oxygens (including phenoxy) is 2. The lowest BCUT2D eigenvalue weighted by Gasteiger charge is -2.39. The van der Waals surface area contributed by atoms with Crippen LogP contribution in [0.2, 0.25) is 0 Å². The molecule has 3 rings (SSSR count). The lowest BCUT2D eigenvalue weighted by atomic mass is 9.89. The molecule has 1 aromatic rings. The molecular formula is C18H27Cl2F3N2O2. The van der Waals surface area contributed by atoms with E-state index in [9.17, 15) is 13.2 Å². The predicted octanol–water partition coefficient (Wildman–Crippen LogP) is 4.57. The van der Waals surface area contributed by atoms with Crippen LogP contribution in [0.4, 0.5) is 13.2 Å². The summed E-state index contributed by atoms with van der Waals surface area (Å²) in [7, 11) is 1.50. The molecule has 1 heterocycles. The smallest absolute Gasteiger partial charge is 0.496 e. The van der Waals surface area contributed by atoms with Crippen molar-refractivity contribution in [1.82, 2.24) is 10.2 Å². The Morgan fingerprint density at radius 2 is 1.74 bits per heavy atom. The van der Waals surface area contributed by atoms with E-state index in [0.717, 1.165) is 44.6 Å². The van der Waals surface area contributed by atoms with E-state index < -0.39 is 6.36 Å². The van der Waals surface area contributed by atoms with Crippen molar-refractivity contribution in [2.45, 2.75) is 38.1 Å². The molecule has 1 aromatic carbocycles. The molecule has 0 spiro atoms. The molecule has 27 heavy (non-hydrogen) atoms. The molecule has 9 heteroatoms. The summed E-state index contributed by atoms with van der Waals surface area (Å²) in [6.07, 6.45) is 0.0305. The van der Waals surface area contributed by atoms with E-state index in [1.165, 1.54) is 32.1 Å². The van der Waals surface area contributed by atoms with E-state index in [2.05, 4.69) is 15.0 Å². The van der Waals surface area contributed by atoms with E-state index in [1.807, 2.05) is 0 Å². The van der Waals surface area contributed by atoms with Gasteiger partial charge >= 0.3 is 6.36 Å². The van der Waals surface area contributed by atoms with Crippen LogP contribution in [0.1, 0.15) is 37.3 Å². The molecule has 0 radical (unpaired) electrons. The fourth-order valence-electron chi connectivity index (χ4n) is 4.12. The largest absolute Gasteiger partial charge is 0.573 e. The quantitative estimate of drug-likeness (QED) is 0.741. The number of hydrogen-bond acceptors (Lipinski definition) is 4. The van der Waals surface area contributed by atoms with Crippen LogP contribution in [-0.4, -0.2) is 44.6 Å². The van der Waals surface area contributed by atoms with E-state index >= 15 is 0 Å². The van der Waals surface area contributed by atoms with Crippen LogP contribution in [0.25, 0.3) is 0 Å². The Morgan fingerprint density at radius 1 is 1.11 bits per heavy atom. The number of benzene rings is 1. The number of nitrogens with zero attached hydrogens (tertiary/aromatic N) is 1. The number of rotatable bonds is 5. The summed E-state index contributed by atoms with van der Waals surface area (Å²) >= 11 is 0. The van der Waals surface area contributed by atoms with Gasteiger partial charge in [0.25, 0.3) is 0 Å². The summed E-state index contributed by atoms with van der Waals surface area (Å²) in [5.74, 6) is 0.747. The molecule has 1 saturated heterocycles. The third kappa shape index (κ3) is 6.31. The summed E-state index contributed by atoms with van der Waals surface area (Å²) in [6.45, 7) is 3.73. The molecule has 2 aliphatic rings. The molecule has 1 saturated carbocycles. The molecule has 0 amide bonds. The van der Waals surface area contributed by atoms with Crippen LogP contribution >= 0.6 is 24.8 Å². The average molecular weight is 431 g/mol. The molecule has 1 atom stereocenters. The number of nitrogens with one attached hydrogen (secondary N) is 1. The number of alkyl halides is 3. The first kappa shape index (κ1) is 24.1. The zero-order valence-electron chi connectivity index (χ0n) is 15.3. The van der Waals surface area contributed by atoms with Gasteiger partial charge in [-0.15, -0.1) is 38.0 Å². The van der Waals surface area contributed by atoms with Crippen LogP contribution in [0.5, 0.6) is 11.5 Å². The molecule has 2 fully saturated rings. The van der Waals surface area contributed by atoms with Crippen molar-refractivity contribution >= 4 is 24.8 Å². The van der Waals surface area contributed by atoms with Crippen LogP contribution in [0, 0.1) is 5.92 Å². The molecule has 0 unspecified atom stereocenters. The maximum atomic E-state index is 12.5. The maximum absolute atomic E-state index is 12.5. The van der Waals surface area contributed by atoms with Crippen LogP contribution in [-0.2, 0) is 0 Å². The van der Waals surface area contributed by atoms with Gasteiger partial charge < -0.3 is 14.8 Å². The van der Waals surface area contributed by atoms with Gasteiger partial charge in [-0.3, -0.25) is 4.90 Å². The van der Waals surface area contributed by atoms with Crippen molar-refractivity contribution in [1.29, 1.82) is 0 Å². The van der Waals surface area contributed by atoms with Crippen LogP contribution < -0.4 is 14.8 Å². The summed E-state index contributed by atoms with van der Waals surface area (Å²) in [6, 6.07) is 4.67. The summed E-state index contributed by atoms with van der Waals surface area (Å²) < 4.78 is 47.0. The fraction of sp³-hybridized carbons (Fsp3) is 0.667. The minimum atomic E-state index is -4.70. The standard InChI is InChI=1S/C18H25F3N2O2.2ClH/c1-24-16-12-14(25-18(19,20)21)6-7-15(16)17(13-4-2-3-5-13)23-10-8-22-9-11-23;;/h6-7,12-13,17,22H,2-5,8-11H2,1H3;2*1H/t17-;;/m0../s1. The monoisotopic (exact) mass is 430 g/mol. The Hall–Kier alpha value is -0.890. The van der Waals surface area contributed by atoms with E-state index in [-0.39, 0.29) is 36.6 Å². The van der Waals surface area contributed by atoms with Gasteiger partial charge in [0.05, 0.1) is 7.11 Å². The van der Waals surface area contributed by atoms with Crippen molar-refractivity contribution in [3.63, 3.8) is 0 Å². The summed E-state index contributed by atoms with van der Waals surface area (Å²) in [5.41, 5.74) is 0.964. The highest BCUT2D eigenvalue weighted by Crippen LogP contribution is 2.43. The average Bonchev–Trinajstić information content (AvgIpc) is 3.10. The first-order chi connectivity index (χ1) is 12.0. The zero-order chi connectivity index (χ0) is 17.9. The van der Waals surface area contributed by atoms with Crippen LogP contribution in [0.3, 0.4) is 0 Å². The van der Waals surface area contributed by atoms with Crippen molar-refractivity contribution in [2.75, 3.05) is 33.3 Å². The minimum Gasteiger partial charge on any atom is -0.496 e. The van der Waals surface area contributed by atoms with Gasteiger partial charge in [0.2, 0.25) is 0 Å². The molecule has 1 aliphatic heterocycles. The second-order valence-corrected chi connectivity index (χ2v) is 6.73. The Morgan fingerprint density at radius 3 is 2.30 bits per heavy atom. The molecule has 0 bridgehead atoms. The van der Waals surface area contributed by atoms with Crippen molar-refractivity contribution in [3.05, 3.63) is 23.8 Å². The second-order valence-electron chi connectivity index (χ2n) is 6.73. The second kappa shape index (κ2) is 10.6. The number of methoxy groups -OCH3 is 1. The Kier molecular flexibility index (Phi) is 9.48. The first-order valence-electron chi connectivity index (χ1n) is 8.86. The Labute approximate surface area is 170 Å². The fourth-order valence-corrected chi connectivity index (χ4v) is 4.12. The van der Waals surface area contributed by atoms with Gasteiger partial charge in [-0.25, -0.2) is 0 Å². The van der Waals surface area contributed by atoms with Gasteiger partial charge in [-0.05, 0) is 24.8 Å². The van der Waals surface area contributed by atoms with E-state index in [1.54, 1.807) is 6.07 Å². The van der Waals surface area contributed by atoms with E-state index in [4.69, 9.17) is 4.74 Å². The number of hydrogen-bond donors (Lipinski definition) is 1. The summed E-state index contributed by atoms with van der Waals surface area (Å²) in [5, 5.41) is 3.36. The predicted molar refractivity (Wildman–Crippen MR) is 103 cm³/mol. The normalized spacial score (nSPS) is 19.7. The van der Waals surface area contributed by atoms with Gasteiger partial charge in [0, 0.05) is 43.9 Å². The lowest BCUT2D eigenvalue weighted by Crippen LogP contribution is -2.46. The van der Waals surface area contributed by atoms with Crippen molar-refractivity contribution in [3.8, 4) is 11.5 Å².